The van der Waals surface area contributed by atoms with E-state index in [1.165, 1.54) is 19.2 Å². The van der Waals surface area contributed by atoms with Gasteiger partial charge in [0.25, 0.3) is 0 Å². The van der Waals surface area contributed by atoms with Gasteiger partial charge in [0.15, 0.2) is 0 Å². The number of hydrogen-bond acceptors (Lipinski definition) is 4. The second-order valence-electron chi connectivity index (χ2n) is 4.92. The standard InChI is InChI=1S/C13H22N2O3S/c1-10(2)7-11(14)9-15-19(16,17)13-6-4-5-12(8-13)18-3/h4-6,8,10-11,15H,7,9,14H2,1-3H3. The third kappa shape index (κ3) is 5.18. The molecule has 0 aliphatic heterocycles. The maximum Gasteiger partial charge on any atom is 0.240 e. The van der Waals surface area contributed by atoms with Crippen LogP contribution in [0.3, 0.4) is 0 Å². The number of nitrogens with one attached hydrogen (secondary N) is 1. The topological polar surface area (TPSA) is 81.4 Å². The number of nitrogens with two attached hydrogens (primary N) is 1. The van der Waals surface area contributed by atoms with E-state index in [1.807, 2.05) is 0 Å². The fourth-order valence-corrected chi connectivity index (χ4v) is 2.89. The molecule has 0 saturated heterocycles. The van der Waals surface area contributed by atoms with Gasteiger partial charge in [0, 0.05) is 18.7 Å². The highest BCUT2D eigenvalue weighted by atomic mass is 32.2. The molecule has 1 unspecified atom stereocenters. The van der Waals surface area contributed by atoms with Crippen LogP contribution in [0.25, 0.3) is 0 Å². The molecule has 0 aromatic heterocycles. The van der Waals surface area contributed by atoms with E-state index in [1.54, 1.807) is 12.1 Å². The summed E-state index contributed by atoms with van der Waals surface area (Å²) >= 11 is 0. The lowest BCUT2D eigenvalue weighted by Gasteiger charge is -2.15. The first kappa shape index (κ1) is 15.9. The second-order valence-corrected chi connectivity index (χ2v) is 6.69. The van der Waals surface area contributed by atoms with Crippen LogP contribution in [0.2, 0.25) is 0 Å². The van der Waals surface area contributed by atoms with Gasteiger partial charge in [-0.05, 0) is 24.5 Å². The maximum absolute atomic E-state index is 12.1. The summed E-state index contributed by atoms with van der Waals surface area (Å²) < 4.78 is 31.7. The number of methoxy groups -OCH3 is 1. The van der Waals surface area contributed by atoms with E-state index in [-0.39, 0.29) is 17.5 Å². The van der Waals surface area contributed by atoms with Crippen LogP contribution in [-0.4, -0.2) is 28.1 Å². The molecule has 0 aliphatic carbocycles. The molecule has 108 valence electrons. The molecule has 1 aromatic rings. The van der Waals surface area contributed by atoms with E-state index in [2.05, 4.69) is 18.6 Å². The highest BCUT2D eigenvalue weighted by molar-refractivity contribution is 7.89. The molecular weight excluding hydrogens is 264 g/mol. The smallest absolute Gasteiger partial charge is 0.240 e. The normalized spacial score (nSPS) is 13.5. The summed E-state index contributed by atoms with van der Waals surface area (Å²) in [4.78, 5) is 0.184. The summed E-state index contributed by atoms with van der Waals surface area (Å²) in [5.74, 6) is 0.950. The third-order valence-electron chi connectivity index (χ3n) is 2.66. The number of ether oxygens (including phenoxy) is 1. The first-order valence-electron chi connectivity index (χ1n) is 6.24. The van der Waals surface area contributed by atoms with E-state index in [4.69, 9.17) is 10.5 Å². The number of sulfonamides is 1. The lowest BCUT2D eigenvalue weighted by atomic mass is 10.1. The molecule has 0 amide bonds. The zero-order valence-corrected chi connectivity index (χ0v) is 12.4. The van der Waals surface area contributed by atoms with Crippen molar-refractivity contribution < 1.29 is 13.2 Å². The third-order valence-corrected chi connectivity index (χ3v) is 4.08. The Morgan fingerprint density at radius 3 is 2.63 bits per heavy atom. The maximum atomic E-state index is 12.1. The zero-order chi connectivity index (χ0) is 14.5. The Hall–Kier alpha value is -1.11. The number of hydrogen-bond donors (Lipinski definition) is 2. The number of benzene rings is 1. The summed E-state index contributed by atoms with van der Waals surface area (Å²) in [6, 6.07) is 6.17. The van der Waals surface area contributed by atoms with Crippen molar-refractivity contribution >= 4 is 10.0 Å². The van der Waals surface area contributed by atoms with Crippen LogP contribution in [0.5, 0.6) is 5.75 Å². The van der Waals surface area contributed by atoms with E-state index in [9.17, 15) is 8.42 Å². The lowest BCUT2D eigenvalue weighted by Crippen LogP contribution is -2.37. The summed E-state index contributed by atoms with van der Waals surface area (Å²) in [5, 5.41) is 0. The van der Waals surface area contributed by atoms with Gasteiger partial charge in [0.1, 0.15) is 5.75 Å². The van der Waals surface area contributed by atoms with Crippen LogP contribution >= 0.6 is 0 Å². The van der Waals surface area contributed by atoms with Crippen molar-refractivity contribution in [2.75, 3.05) is 13.7 Å². The Balaban J connectivity index is 2.70. The molecule has 0 spiro atoms. The van der Waals surface area contributed by atoms with Gasteiger partial charge in [-0.2, -0.15) is 0 Å². The van der Waals surface area contributed by atoms with Crippen molar-refractivity contribution in [3.8, 4) is 5.75 Å². The molecule has 5 nitrogen and oxygen atoms in total. The molecule has 0 heterocycles. The van der Waals surface area contributed by atoms with Gasteiger partial charge in [0.05, 0.1) is 12.0 Å². The number of rotatable bonds is 7. The van der Waals surface area contributed by atoms with Gasteiger partial charge in [0.2, 0.25) is 10.0 Å². The van der Waals surface area contributed by atoms with Crippen LogP contribution in [0.1, 0.15) is 20.3 Å². The van der Waals surface area contributed by atoms with Crippen LogP contribution in [0, 0.1) is 5.92 Å². The average molecular weight is 286 g/mol. The Kier molecular flexibility index (Phi) is 5.78. The highest BCUT2D eigenvalue weighted by Crippen LogP contribution is 2.16. The summed E-state index contributed by atoms with van der Waals surface area (Å²) in [5.41, 5.74) is 5.86. The van der Waals surface area contributed by atoms with E-state index in [0.29, 0.717) is 11.7 Å². The summed E-state index contributed by atoms with van der Waals surface area (Å²) in [6.45, 7) is 4.34. The van der Waals surface area contributed by atoms with Gasteiger partial charge in [-0.1, -0.05) is 19.9 Å². The van der Waals surface area contributed by atoms with Crippen molar-refractivity contribution in [2.45, 2.75) is 31.2 Å². The molecule has 0 aliphatic rings. The lowest BCUT2D eigenvalue weighted by molar-refractivity contribution is 0.413. The summed E-state index contributed by atoms with van der Waals surface area (Å²) in [7, 11) is -2.04. The van der Waals surface area contributed by atoms with Gasteiger partial charge in [-0.25, -0.2) is 13.1 Å². The Morgan fingerprint density at radius 1 is 1.37 bits per heavy atom. The molecule has 1 rings (SSSR count). The van der Waals surface area contributed by atoms with Crippen LogP contribution in [0.4, 0.5) is 0 Å². The van der Waals surface area contributed by atoms with Crippen LogP contribution in [-0.2, 0) is 10.0 Å². The first-order chi connectivity index (χ1) is 8.85. The largest absolute Gasteiger partial charge is 0.497 e. The fraction of sp³-hybridized carbons (Fsp3) is 0.538. The molecule has 19 heavy (non-hydrogen) atoms. The Labute approximate surface area is 115 Å². The Morgan fingerprint density at radius 2 is 2.05 bits per heavy atom. The molecule has 0 saturated carbocycles. The average Bonchev–Trinajstić information content (AvgIpc) is 2.36. The van der Waals surface area contributed by atoms with Crippen molar-refractivity contribution in [3.05, 3.63) is 24.3 Å². The van der Waals surface area contributed by atoms with Gasteiger partial charge < -0.3 is 10.5 Å². The molecule has 1 atom stereocenters. The molecule has 1 aromatic carbocycles. The monoisotopic (exact) mass is 286 g/mol. The molecule has 0 radical (unpaired) electrons. The molecule has 6 heteroatoms. The predicted molar refractivity (Wildman–Crippen MR) is 75.6 cm³/mol. The predicted octanol–water partition coefficient (Wildman–Crippen LogP) is 1.35. The summed E-state index contributed by atoms with van der Waals surface area (Å²) in [6.07, 6.45) is 0.778. The quantitative estimate of drug-likeness (QED) is 0.792. The highest BCUT2D eigenvalue weighted by Gasteiger charge is 2.16. The van der Waals surface area contributed by atoms with Crippen molar-refractivity contribution in [1.29, 1.82) is 0 Å². The minimum atomic E-state index is -3.53. The van der Waals surface area contributed by atoms with Gasteiger partial charge in [-0.15, -0.1) is 0 Å². The molecule has 3 N–H and O–H groups in total. The van der Waals surface area contributed by atoms with Crippen molar-refractivity contribution in [3.63, 3.8) is 0 Å². The van der Waals surface area contributed by atoms with Crippen LogP contribution < -0.4 is 15.2 Å². The minimum absolute atomic E-state index is 0.180. The molecule has 0 fully saturated rings. The van der Waals surface area contributed by atoms with E-state index < -0.39 is 10.0 Å². The Bertz CT molecular complexity index is 500. The first-order valence-corrected chi connectivity index (χ1v) is 7.72. The molecular formula is C13H22N2O3S. The minimum Gasteiger partial charge on any atom is -0.497 e. The van der Waals surface area contributed by atoms with Crippen molar-refractivity contribution in [2.24, 2.45) is 11.7 Å². The second kappa shape index (κ2) is 6.88. The molecule has 0 bridgehead atoms. The van der Waals surface area contributed by atoms with E-state index in [0.717, 1.165) is 6.42 Å². The van der Waals surface area contributed by atoms with Gasteiger partial charge in [-0.3, -0.25) is 0 Å². The van der Waals surface area contributed by atoms with Crippen LogP contribution in [0.15, 0.2) is 29.2 Å². The van der Waals surface area contributed by atoms with E-state index >= 15 is 0 Å². The zero-order valence-electron chi connectivity index (χ0n) is 11.6. The SMILES string of the molecule is COc1cccc(S(=O)(=O)NCC(N)CC(C)C)c1. The van der Waals surface area contributed by atoms with Crippen molar-refractivity contribution in [1.82, 2.24) is 4.72 Å². The van der Waals surface area contributed by atoms with Gasteiger partial charge >= 0.3 is 0 Å². The fourth-order valence-electron chi connectivity index (χ4n) is 1.76.